The van der Waals surface area contributed by atoms with Crippen LogP contribution in [-0.4, -0.2) is 0 Å². The predicted octanol–water partition coefficient (Wildman–Crippen LogP) is 5.31. The Morgan fingerprint density at radius 2 is 1.44 bits per heavy atom. The van der Waals surface area contributed by atoms with Gasteiger partial charge in [0.25, 0.3) is 0 Å². The van der Waals surface area contributed by atoms with Crippen LogP contribution in [0.15, 0.2) is 0 Å². The molecule has 0 heterocycles. The van der Waals surface area contributed by atoms with E-state index in [-0.39, 0.29) is 0 Å². The molecule has 0 aromatic rings. The maximum absolute atomic E-state index is 8.95. The van der Waals surface area contributed by atoms with E-state index in [1.165, 1.54) is 70.6 Å². The van der Waals surface area contributed by atoms with Crippen LogP contribution in [0.3, 0.4) is 0 Å². The maximum Gasteiger partial charge on any atom is 0.0655 e. The second kappa shape index (κ2) is 7.17. The quantitative estimate of drug-likeness (QED) is 0.660. The van der Waals surface area contributed by atoms with Gasteiger partial charge >= 0.3 is 0 Å². The van der Waals surface area contributed by atoms with Crippen LogP contribution in [0.4, 0.5) is 0 Å². The summed E-state index contributed by atoms with van der Waals surface area (Å²) < 4.78 is 0. The second-order valence-electron chi connectivity index (χ2n) is 6.66. The number of hydrogen-bond acceptors (Lipinski definition) is 1. The van der Waals surface area contributed by atoms with Gasteiger partial charge in [-0.3, -0.25) is 0 Å². The third kappa shape index (κ3) is 3.74. The van der Waals surface area contributed by atoms with Crippen LogP contribution in [0, 0.1) is 35.0 Å². The Kier molecular flexibility index (Phi) is 5.54. The average Bonchev–Trinajstić information content (AvgIpc) is 2.46. The zero-order valence-electron chi connectivity index (χ0n) is 12.0. The Labute approximate surface area is 113 Å². The second-order valence-corrected chi connectivity index (χ2v) is 6.66. The summed E-state index contributed by atoms with van der Waals surface area (Å²) >= 11 is 0. The first-order valence-electron chi connectivity index (χ1n) is 8.23. The number of nitrogens with zero attached hydrogens (tertiary/aromatic N) is 1. The van der Waals surface area contributed by atoms with E-state index in [1.807, 2.05) is 0 Å². The van der Waals surface area contributed by atoms with E-state index in [1.54, 1.807) is 0 Å². The maximum atomic E-state index is 8.95. The number of unbranched alkanes of at least 4 members (excludes halogenated alkanes) is 1. The molecule has 102 valence electrons. The number of nitriles is 1. The Morgan fingerprint density at radius 1 is 0.889 bits per heavy atom. The van der Waals surface area contributed by atoms with Crippen molar-refractivity contribution in [1.29, 1.82) is 5.26 Å². The fourth-order valence-electron chi connectivity index (χ4n) is 4.16. The van der Waals surface area contributed by atoms with Gasteiger partial charge in [0.2, 0.25) is 0 Å². The molecular weight excluding hydrogens is 218 g/mol. The lowest BCUT2D eigenvalue weighted by molar-refractivity contribution is 0.153. The third-order valence-corrected chi connectivity index (χ3v) is 5.48. The lowest BCUT2D eigenvalue weighted by Gasteiger charge is -2.36. The van der Waals surface area contributed by atoms with Gasteiger partial charge in [-0.1, -0.05) is 39.0 Å². The Balaban J connectivity index is 1.69. The standard InChI is InChI=1S/C17H29N/c1-2-3-4-14-5-9-16(10-6-14)17-11-7-15(13-18)8-12-17/h14-17H,2-12H2,1H3/t14-,15-,16-,17+. The molecule has 0 unspecified atom stereocenters. The molecule has 0 aromatic carbocycles. The normalized spacial score (nSPS) is 37.1. The van der Waals surface area contributed by atoms with E-state index < -0.39 is 0 Å². The number of hydrogen-bond donors (Lipinski definition) is 0. The zero-order valence-corrected chi connectivity index (χ0v) is 12.0. The minimum atomic E-state index is 0.377. The first kappa shape index (κ1) is 13.9. The molecule has 2 fully saturated rings. The summed E-state index contributed by atoms with van der Waals surface area (Å²) in [6, 6.07) is 2.46. The van der Waals surface area contributed by atoms with Crippen molar-refractivity contribution in [2.24, 2.45) is 23.7 Å². The molecule has 18 heavy (non-hydrogen) atoms. The summed E-state index contributed by atoms with van der Waals surface area (Å²) in [4.78, 5) is 0. The number of rotatable bonds is 4. The van der Waals surface area contributed by atoms with Gasteiger partial charge in [-0.05, 0) is 56.3 Å². The van der Waals surface area contributed by atoms with Gasteiger partial charge in [-0.25, -0.2) is 0 Å². The van der Waals surface area contributed by atoms with Crippen molar-refractivity contribution in [2.45, 2.75) is 77.6 Å². The van der Waals surface area contributed by atoms with Crippen molar-refractivity contribution in [1.82, 2.24) is 0 Å². The van der Waals surface area contributed by atoms with Crippen molar-refractivity contribution < 1.29 is 0 Å². The zero-order chi connectivity index (χ0) is 12.8. The van der Waals surface area contributed by atoms with E-state index in [0.29, 0.717) is 5.92 Å². The fraction of sp³-hybridized carbons (Fsp3) is 0.941. The molecule has 1 heteroatoms. The summed E-state index contributed by atoms with van der Waals surface area (Å²) in [5, 5.41) is 8.95. The molecule has 0 aromatic heterocycles. The molecule has 0 saturated heterocycles. The molecule has 2 saturated carbocycles. The predicted molar refractivity (Wildman–Crippen MR) is 76.0 cm³/mol. The molecule has 0 spiro atoms. The van der Waals surface area contributed by atoms with Crippen LogP contribution in [0.5, 0.6) is 0 Å². The molecule has 0 amide bonds. The topological polar surface area (TPSA) is 23.8 Å². The van der Waals surface area contributed by atoms with Crippen molar-refractivity contribution in [2.75, 3.05) is 0 Å². The van der Waals surface area contributed by atoms with Gasteiger partial charge in [0.05, 0.1) is 6.07 Å². The van der Waals surface area contributed by atoms with E-state index in [4.69, 9.17) is 5.26 Å². The molecule has 0 N–H and O–H groups in total. The highest BCUT2D eigenvalue weighted by Gasteiger charge is 2.30. The SMILES string of the molecule is CCCC[C@H]1CC[C@H]([C@H]2CC[C@@H](C#N)CC2)CC1. The van der Waals surface area contributed by atoms with Crippen LogP contribution in [0.1, 0.15) is 77.6 Å². The minimum absolute atomic E-state index is 0.377. The summed E-state index contributed by atoms with van der Waals surface area (Å²) in [6.45, 7) is 2.30. The lowest BCUT2D eigenvalue weighted by Crippen LogP contribution is -2.25. The van der Waals surface area contributed by atoms with Gasteiger partial charge in [0.15, 0.2) is 0 Å². The monoisotopic (exact) mass is 247 g/mol. The molecule has 2 rings (SSSR count). The van der Waals surface area contributed by atoms with Gasteiger partial charge in [-0.15, -0.1) is 0 Å². The largest absolute Gasteiger partial charge is 0.198 e. The molecule has 0 bridgehead atoms. The fourth-order valence-corrected chi connectivity index (χ4v) is 4.16. The highest BCUT2D eigenvalue weighted by Crippen LogP contribution is 2.42. The molecule has 2 aliphatic rings. The van der Waals surface area contributed by atoms with Gasteiger partial charge in [0, 0.05) is 5.92 Å². The van der Waals surface area contributed by atoms with Crippen LogP contribution >= 0.6 is 0 Å². The van der Waals surface area contributed by atoms with Gasteiger partial charge in [0.1, 0.15) is 0 Å². The van der Waals surface area contributed by atoms with E-state index >= 15 is 0 Å². The smallest absolute Gasteiger partial charge is 0.0655 e. The molecule has 0 aliphatic heterocycles. The van der Waals surface area contributed by atoms with E-state index in [9.17, 15) is 0 Å². The highest BCUT2D eigenvalue weighted by molar-refractivity contribution is 4.89. The summed E-state index contributed by atoms with van der Waals surface area (Å²) in [5.74, 6) is 3.38. The van der Waals surface area contributed by atoms with Gasteiger partial charge < -0.3 is 0 Å². The summed E-state index contributed by atoms with van der Waals surface area (Å²) in [7, 11) is 0. The molecule has 0 radical (unpaired) electrons. The van der Waals surface area contributed by atoms with Crippen LogP contribution < -0.4 is 0 Å². The van der Waals surface area contributed by atoms with Crippen LogP contribution in [0.25, 0.3) is 0 Å². The van der Waals surface area contributed by atoms with Crippen molar-refractivity contribution in [3.05, 3.63) is 0 Å². The Hall–Kier alpha value is -0.510. The van der Waals surface area contributed by atoms with Crippen LogP contribution in [0.2, 0.25) is 0 Å². The van der Waals surface area contributed by atoms with Crippen molar-refractivity contribution >= 4 is 0 Å². The third-order valence-electron chi connectivity index (χ3n) is 5.48. The van der Waals surface area contributed by atoms with Crippen molar-refractivity contribution in [3.63, 3.8) is 0 Å². The average molecular weight is 247 g/mol. The minimum Gasteiger partial charge on any atom is -0.198 e. The first-order valence-corrected chi connectivity index (χ1v) is 8.23. The molecule has 2 aliphatic carbocycles. The van der Waals surface area contributed by atoms with Crippen molar-refractivity contribution in [3.8, 4) is 6.07 Å². The van der Waals surface area contributed by atoms with E-state index in [0.717, 1.165) is 17.8 Å². The van der Waals surface area contributed by atoms with Gasteiger partial charge in [-0.2, -0.15) is 5.26 Å². The van der Waals surface area contributed by atoms with E-state index in [2.05, 4.69) is 13.0 Å². The molecule has 1 nitrogen and oxygen atoms in total. The van der Waals surface area contributed by atoms with Crippen LogP contribution in [-0.2, 0) is 0 Å². The highest BCUT2D eigenvalue weighted by atomic mass is 14.4. The Morgan fingerprint density at radius 3 is 1.94 bits per heavy atom. The summed E-state index contributed by atoms with van der Waals surface area (Å²) in [5.41, 5.74) is 0. The molecule has 0 atom stereocenters. The first-order chi connectivity index (χ1) is 8.83. The lowest BCUT2D eigenvalue weighted by atomic mass is 9.69. The molecular formula is C17H29N. The summed E-state index contributed by atoms with van der Waals surface area (Å²) in [6.07, 6.45) is 15.2. The Bertz CT molecular complexity index is 262.